The zero-order valence-corrected chi connectivity index (χ0v) is 12.5. The lowest BCUT2D eigenvalue weighted by Gasteiger charge is -2.07. The standard InChI is InChI=1S/C15H16F4O4/c1-2-6-22-11(20)4-3-5-12(21)23-8-9-7-10(16)14(18)15(19)13(9)17/h7H,2-6,8H2,1H3. The zero-order chi connectivity index (χ0) is 17.4. The van der Waals surface area contributed by atoms with Crippen LogP contribution in [0.5, 0.6) is 0 Å². The highest BCUT2D eigenvalue weighted by atomic mass is 19.2. The Morgan fingerprint density at radius 3 is 2.17 bits per heavy atom. The summed E-state index contributed by atoms with van der Waals surface area (Å²) in [6.07, 6.45) is 0.721. The van der Waals surface area contributed by atoms with Crippen LogP contribution in [0, 0.1) is 23.3 Å². The summed E-state index contributed by atoms with van der Waals surface area (Å²) in [6.45, 7) is 1.40. The second-order valence-electron chi connectivity index (χ2n) is 4.69. The van der Waals surface area contributed by atoms with Gasteiger partial charge in [-0.2, -0.15) is 0 Å². The van der Waals surface area contributed by atoms with Crippen LogP contribution in [0.15, 0.2) is 6.07 Å². The summed E-state index contributed by atoms with van der Waals surface area (Å²) in [6, 6.07) is 0.420. The van der Waals surface area contributed by atoms with Crippen LogP contribution in [-0.2, 0) is 25.7 Å². The third kappa shape index (κ3) is 5.88. The maximum atomic E-state index is 13.3. The van der Waals surface area contributed by atoms with Gasteiger partial charge in [0, 0.05) is 18.4 Å². The van der Waals surface area contributed by atoms with Crippen molar-refractivity contribution in [2.45, 2.75) is 39.2 Å². The second kappa shape index (κ2) is 9.12. The molecule has 1 rings (SSSR count). The summed E-state index contributed by atoms with van der Waals surface area (Å²) in [5.41, 5.74) is -0.614. The molecule has 128 valence electrons. The van der Waals surface area contributed by atoms with Gasteiger partial charge in [0.25, 0.3) is 0 Å². The lowest BCUT2D eigenvalue weighted by Crippen LogP contribution is -2.10. The first-order valence-corrected chi connectivity index (χ1v) is 6.99. The van der Waals surface area contributed by atoms with Crippen LogP contribution in [0.2, 0.25) is 0 Å². The molecule has 0 heterocycles. The molecule has 0 aliphatic rings. The number of halogens is 4. The van der Waals surface area contributed by atoms with Crippen LogP contribution in [0.25, 0.3) is 0 Å². The van der Waals surface area contributed by atoms with E-state index >= 15 is 0 Å². The molecule has 0 aliphatic heterocycles. The molecule has 0 spiro atoms. The first-order chi connectivity index (χ1) is 10.9. The molecule has 1 aromatic rings. The van der Waals surface area contributed by atoms with Crippen molar-refractivity contribution in [2.75, 3.05) is 6.61 Å². The normalized spacial score (nSPS) is 10.5. The van der Waals surface area contributed by atoms with E-state index in [0.29, 0.717) is 19.1 Å². The molecule has 0 saturated heterocycles. The van der Waals surface area contributed by atoms with Crippen molar-refractivity contribution < 1.29 is 36.6 Å². The minimum absolute atomic E-state index is 0.0171. The van der Waals surface area contributed by atoms with Gasteiger partial charge < -0.3 is 9.47 Å². The van der Waals surface area contributed by atoms with E-state index in [0.717, 1.165) is 0 Å². The minimum Gasteiger partial charge on any atom is -0.466 e. The first-order valence-electron chi connectivity index (χ1n) is 6.99. The van der Waals surface area contributed by atoms with E-state index in [1.165, 1.54) is 0 Å². The predicted molar refractivity (Wildman–Crippen MR) is 71.2 cm³/mol. The average Bonchev–Trinajstić information content (AvgIpc) is 2.53. The molecule has 0 atom stereocenters. The molecule has 0 saturated carbocycles. The zero-order valence-electron chi connectivity index (χ0n) is 12.5. The Bertz CT molecular complexity index is 575. The molecular weight excluding hydrogens is 320 g/mol. The minimum atomic E-state index is -1.96. The summed E-state index contributed by atoms with van der Waals surface area (Å²) in [7, 11) is 0. The SMILES string of the molecule is CCCOC(=O)CCCC(=O)OCc1cc(F)c(F)c(F)c1F. The highest BCUT2D eigenvalue weighted by molar-refractivity contribution is 5.72. The lowest BCUT2D eigenvalue weighted by atomic mass is 10.2. The van der Waals surface area contributed by atoms with Crippen LogP contribution in [0.3, 0.4) is 0 Å². The van der Waals surface area contributed by atoms with Crippen molar-refractivity contribution in [3.05, 3.63) is 34.9 Å². The Morgan fingerprint density at radius 1 is 0.957 bits per heavy atom. The maximum absolute atomic E-state index is 13.3. The molecule has 0 N–H and O–H groups in total. The summed E-state index contributed by atoms with van der Waals surface area (Å²) in [5, 5.41) is 0. The third-order valence-corrected chi connectivity index (χ3v) is 2.80. The van der Waals surface area contributed by atoms with E-state index in [9.17, 15) is 27.2 Å². The number of carbonyl (C=O) groups is 2. The van der Waals surface area contributed by atoms with Crippen LogP contribution in [0.1, 0.15) is 38.2 Å². The van der Waals surface area contributed by atoms with Crippen LogP contribution >= 0.6 is 0 Å². The van der Waals surface area contributed by atoms with Crippen molar-refractivity contribution in [1.82, 2.24) is 0 Å². The Kier molecular flexibility index (Phi) is 7.50. The number of rotatable bonds is 8. The largest absolute Gasteiger partial charge is 0.466 e. The van der Waals surface area contributed by atoms with Crippen molar-refractivity contribution >= 4 is 11.9 Å². The number of hydrogen-bond acceptors (Lipinski definition) is 4. The van der Waals surface area contributed by atoms with Gasteiger partial charge in [-0.3, -0.25) is 9.59 Å². The molecular formula is C15H16F4O4. The number of benzene rings is 1. The van der Waals surface area contributed by atoms with Gasteiger partial charge in [0.2, 0.25) is 0 Å². The van der Waals surface area contributed by atoms with Crippen LogP contribution in [-0.4, -0.2) is 18.5 Å². The average molecular weight is 336 g/mol. The Labute approximate surface area is 130 Å². The Morgan fingerprint density at radius 2 is 1.57 bits per heavy atom. The van der Waals surface area contributed by atoms with Gasteiger partial charge in [-0.15, -0.1) is 0 Å². The van der Waals surface area contributed by atoms with Crippen molar-refractivity contribution in [2.24, 2.45) is 0 Å². The molecule has 4 nitrogen and oxygen atoms in total. The van der Waals surface area contributed by atoms with Crippen LogP contribution < -0.4 is 0 Å². The highest BCUT2D eigenvalue weighted by Crippen LogP contribution is 2.19. The molecule has 0 bridgehead atoms. The number of ether oxygens (including phenoxy) is 2. The Balaban J connectivity index is 2.41. The smallest absolute Gasteiger partial charge is 0.306 e. The summed E-state index contributed by atoms with van der Waals surface area (Å²) in [4.78, 5) is 22.6. The Hall–Kier alpha value is -2.12. The van der Waals surface area contributed by atoms with Gasteiger partial charge in [-0.1, -0.05) is 6.92 Å². The summed E-state index contributed by atoms with van der Waals surface area (Å²) < 4.78 is 61.5. The molecule has 0 radical (unpaired) electrons. The van der Waals surface area contributed by atoms with Crippen molar-refractivity contribution in [3.63, 3.8) is 0 Å². The van der Waals surface area contributed by atoms with Crippen molar-refractivity contribution in [1.29, 1.82) is 0 Å². The van der Waals surface area contributed by atoms with E-state index in [1.54, 1.807) is 0 Å². The van der Waals surface area contributed by atoms with Gasteiger partial charge in [0.05, 0.1) is 6.61 Å². The van der Waals surface area contributed by atoms with Gasteiger partial charge >= 0.3 is 11.9 Å². The quantitative estimate of drug-likeness (QED) is 0.316. The van der Waals surface area contributed by atoms with Gasteiger partial charge in [-0.25, -0.2) is 17.6 Å². The molecule has 0 amide bonds. The molecule has 0 aliphatic carbocycles. The monoisotopic (exact) mass is 336 g/mol. The topological polar surface area (TPSA) is 52.6 Å². The molecule has 23 heavy (non-hydrogen) atoms. The molecule has 1 aromatic carbocycles. The van der Waals surface area contributed by atoms with E-state index in [2.05, 4.69) is 4.74 Å². The highest BCUT2D eigenvalue weighted by Gasteiger charge is 2.19. The van der Waals surface area contributed by atoms with E-state index in [-0.39, 0.29) is 19.3 Å². The summed E-state index contributed by atoms with van der Waals surface area (Å²) in [5.74, 6) is -8.31. The van der Waals surface area contributed by atoms with Crippen LogP contribution in [0.4, 0.5) is 17.6 Å². The molecule has 0 aromatic heterocycles. The fourth-order valence-electron chi connectivity index (χ4n) is 1.62. The fourth-order valence-corrected chi connectivity index (χ4v) is 1.62. The van der Waals surface area contributed by atoms with Gasteiger partial charge in [0.1, 0.15) is 6.61 Å². The number of esters is 2. The first kappa shape index (κ1) is 18.9. The predicted octanol–water partition coefficient (Wildman–Crippen LogP) is 3.41. The van der Waals surface area contributed by atoms with Crippen molar-refractivity contribution in [3.8, 4) is 0 Å². The second-order valence-corrected chi connectivity index (χ2v) is 4.69. The summed E-state index contributed by atoms with van der Waals surface area (Å²) >= 11 is 0. The fraction of sp³-hybridized carbons (Fsp3) is 0.467. The number of hydrogen-bond donors (Lipinski definition) is 0. The molecule has 0 fully saturated rings. The van der Waals surface area contributed by atoms with E-state index in [4.69, 9.17) is 4.74 Å². The van der Waals surface area contributed by atoms with E-state index < -0.39 is 47.4 Å². The molecule has 0 unspecified atom stereocenters. The van der Waals surface area contributed by atoms with E-state index in [1.807, 2.05) is 6.92 Å². The van der Waals surface area contributed by atoms with Gasteiger partial charge in [0.15, 0.2) is 23.3 Å². The number of carbonyl (C=O) groups excluding carboxylic acids is 2. The maximum Gasteiger partial charge on any atom is 0.306 e. The third-order valence-electron chi connectivity index (χ3n) is 2.80. The lowest BCUT2D eigenvalue weighted by molar-refractivity contribution is -0.146. The van der Waals surface area contributed by atoms with Gasteiger partial charge in [-0.05, 0) is 18.9 Å². The molecule has 8 heteroatoms.